The van der Waals surface area contributed by atoms with E-state index in [1.54, 1.807) is 13.0 Å². The van der Waals surface area contributed by atoms with Crippen molar-refractivity contribution < 1.29 is 23.5 Å². The zero-order valence-electron chi connectivity index (χ0n) is 14.1. The monoisotopic (exact) mass is 372 g/mol. The molecule has 0 fully saturated rings. The fourth-order valence-corrected chi connectivity index (χ4v) is 2.51. The molecule has 2 N–H and O–H groups in total. The molecule has 138 valence electrons. The minimum Gasteiger partial charge on any atom is -0.480 e. The van der Waals surface area contributed by atoms with Crippen molar-refractivity contribution in [2.75, 3.05) is 5.32 Å². The Bertz CT molecular complexity index is 1010. The smallest absolute Gasteiger partial charge is 0.325 e. The fraction of sp³-hybridized carbons (Fsp3) is 0.111. The van der Waals surface area contributed by atoms with E-state index in [4.69, 9.17) is 5.11 Å². The van der Waals surface area contributed by atoms with Crippen molar-refractivity contribution in [1.29, 1.82) is 0 Å². The fourth-order valence-electron chi connectivity index (χ4n) is 2.51. The number of nitrogens with one attached hydrogen (secondary N) is 1. The van der Waals surface area contributed by atoms with Crippen LogP contribution in [0.3, 0.4) is 0 Å². The summed E-state index contributed by atoms with van der Waals surface area (Å²) < 4.78 is 28.1. The summed E-state index contributed by atoms with van der Waals surface area (Å²) in [5, 5.41) is 15.2. The van der Waals surface area contributed by atoms with Crippen molar-refractivity contribution in [2.45, 2.75) is 13.5 Å². The molecule has 0 saturated heterocycles. The van der Waals surface area contributed by atoms with Crippen LogP contribution in [0.15, 0.2) is 42.6 Å². The van der Waals surface area contributed by atoms with Gasteiger partial charge in [0.05, 0.1) is 0 Å². The van der Waals surface area contributed by atoms with Gasteiger partial charge in [0, 0.05) is 24.0 Å². The Morgan fingerprint density at radius 1 is 1.11 bits per heavy atom. The topological polar surface area (TPSA) is 97.1 Å². The summed E-state index contributed by atoms with van der Waals surface area (Å²) in [6, 6.07) is 7.54. The van der Waals surface area contributed by atoms with Crippen molar-refractivity contribution in [2.24, 2.45) is 0 Å². The number of amides is 1. The lowest BCUT2D eigenvalue weighted by atomic mass is 10.0. The number of carboxylic acids is 1. The number of hydrogen-bond acceptors (Lipinski definition) is 4. The highest BCUT2D eigenvalue weighted by atomic mass is 19.1. The molecule has 0 aliphatic heterocycles. The van der Waals surface area contributed by atoms with Gasteiger partial charge >= 0.3 is 5.97 Å². The van der Waals surface area contributed by atoms with Crippen molar-refractivity contribution >= 4 is 17.7 Å². The molecular formula is C18H14F2N4O3. The molecule has 3 aromatic rings. The maximum Gasteiger partial charge on any atom is 0.325 e. The normalized spacial score (nSPS) is 10.6. The number of aryl methyl sites for hydroxylation is 1. The van der Waals surface area contributed by atoms with E-state index in [9.17, 15) is 18.4 Å². The van der Waals surface area contributed by atoms with Crippen LogP contribution in [-0.4, -0.2) is 31.7 Å². The number of aliphatic carboxylic acids is 1. The lowest BCUT2D eigenvalue weighted by Gasteiger charge is -2.08. The first kappa shape index (κ1) is 18.2. The third-order valence-corrected chi connectivity index (χ3v) is 3.56. The average Bonchev–Trinajstić information content (AvgIpc) is 2.99. The molecule has 0 saturated carbocycles. The second-order valence-corrected chi connectivity index (χ2v) is 5.79. The van der Waals surface area contributed by atoms with Crippen LogP contribution in [0.1, 0.15) is 16.2 Å². The molecule has 0 bridgehead atoms. The van der Waals surface area contributed by atoms with Crippen LogP contribution >= 0.6 is 0 Å². The van der Waals surface area contributed by atoms with E-state index in [1.807, 2.05) is 0 Å². The van der Waals surface area contributed by atoms with Crippen LogP contribution in [0.25, 0.3) is 11.1 Å². The first-order chi connectivity index (χ1) is 12.8. The Hall–Kier alpha value is -3.62. The summed E-state index contributed by atoms with van der Waals surface area (Å²) in [6.07, 6.45) is 1.41. The largest absolute Gasteiger partial charge is 0.480 e. The van der Waals surface area contributed by atoms with Crippen molar-refractivity contribution in [3.63, 3.8) is 0 Å². The van der Waals surface area contributed by atoms with E-state index in [0.717, 1.165) is 22.9 Å². The molecule has 27 heavy (non-hydrogen) atoms. The lowest BCUT2D eigenvalue weighted by molar-refractivity contribution is -0.137. The van der Waals surface area contributed by atoms with E-state index in [1.165, 1.54) is 18.3 Å². The molecule has 0 aliphatic carbocycles. The standard InChI is InChI=1S/C18H14F2N4O3/c1-10-4-11(12-5-13(19)8-14(20)6-12)7-15(21-10)18(27)22-16-2-3-24(23-16)9-17(25)26/h2-8H,9H2,1H3,(H,25,26)(H,22,23,27). The number of carboxylic acid groups (broad SMARTS) is 1. The van der Waals surface area contributed by atoms with Gasteiger partial charge in [0.15, 0.2) is 5.82 Å². The van der Waals surface area contributed by atoms with E-state index >= 15 is 0 Å². The molecule has 0 atom stereocenters. The molecule has 3 rings (SSSR count). The average molecular weight is 372 g/mol. The summed E-state index contributed by atoms with van der Waals surface area (Å²) in [5.74, 6) is -2.95. The Labute approximate surface area is 152 Å². The summed E-state index contributed by atoms with van der Waals surface area (Å²) in [4.78, 5) is 27.2. The molecule has 0 radical (unpaired) electrons. The van der Waals surface area contributed by atoms with Gasteiger partial charge < -0.3 is 10.4 Å². The molecule has 2 heterocycles. The third-order valence-electron chi connectivity index (χ3n) is 3.56. The number of carbonyl (C=O) groups is 2. The number of anilines is 1. The first-order valence-corrected chi connectivity index (χ1v) is 7.82. The van der Waals surface area contributed by atoms with Crippen LogP contribution in [0.5, 0.6) is 0 Å². The second kappa shape index (κ2) is 7.32. The number of halogens is 2. The Kier molecular flexibility index (Phi) is 4.93. The molecule has 9 heteroatoms. The molecule has 0 aliphatic rings. The van der Waals surface area contributed by atoms with Gasteiger partial charge in [-0.25, -0.2) is 13.8 Å². The molecule has 1 amide bonds. The minimum absolute atomic E-state index is 0.0300. The molecule has 0 spiro atoms. The van der Waals surface area contributed by atoms with Crippen LogP contribution in [0.2, 0.25) is 0 Å². The van der Waals surface area contributed by atoms with Gasteiger partial charge in [0.1, 0.15) is 23.9 Å². The molecular weight excluding hydrogens is 358 g/mol. The van der Waals surface area contributed by atoms with Crippen molar-refractivity contribution in [1.82, 2.24) is 14.8 Å². The van der Waals surface area contributed by atoms with Crippen LogP contribution in [0.4, 0.5) is 14.6 Å². The number of benzene rings is 1. The zero-order valence-corrected chi connectivity index (χ0v) is 14.1. The van der Waals surface area contributed by atoms with Crippen LogP contribution in [0, 0.1) is 18.6 Å². The van der Waals surface area contributed by atoms with E-state index in [0.29, 0.717) is 11.3 Å². The third kappa shape index (κ3) is 4.51. The van der Waals surface area contributed by atoms with Gasteiger partial charge in [-0.05, 0) is 42.3 Å². The number of nitrogens with zero attached hydrogens (tertiary/aromatic N) is 3. The van der Waals surface area contributed by atoms with Gasteiger partial charge in [0.2, 0.25) is 0 Å². The van der Waals surface area contributed by atoms with Gasteiger partial charge in [0.25, 0.3) is 5.91 Å². The summed E-state index contributed by atoms with van der Waals surface area (Å²) in [5.41, 5.74) is 1.22. The Morgan fingerprint density at radius 2 is 1.78 bits per heavy atom. The summed E-state index contributed by atoms with van der Waals surface area (Å²) in [7, 11) is 0. The number of carbonyl (C=O) groups excluding carboxylic acids is 1. The highest BCUT2D eigenvalue weighted by molar-refractivity contribution is 6.03. The Balaban J connectivity index is 1.86. The lowest BCUT2D eigenvalue weighted by Crippen LogP contribution is -2.15. The van der Waals surface area contributed by atoms with Gasteiger partial charge in [-0.15, -0.1) is 0 Å². The quantitative estimate of drug-likeness (QED) is 0.718. The molecule has 2 aromatic heterocycles. The first-order valence-electron chi connectivity index (χ1n) is 7.82. The summed E-state index contributed by atoms with van der Waals surface area (Å²) >= 11 is 0. The number of pyridine rings is 1. The van der Waals surface area contributed by atoms with E-state index in [-0.39, 0.29) is 23.6 Å². The minimum atomic E-state index is -1.07. The highest BCUT2D eigenvalue weighted by Crippen LogP contribution is 2.23. The maximum absolute atomic E-state index is 13.5. The van der Waals surface area contributed by atoms with Gasteiger partial charge in [-0.2, -0.15) is 5.10 Å². The van der Waals surface area contributed by atoms with Crippen molar-refractivity contribution in [3.05, 3.63) is 65.6 Å². The van der Waals surface area contributed by atoms with Crippen LogP contribution < -0.4 is 5.32 Å². The zero-order chi connectivity index (χ0) is 19.6. The second-order valence-electron chi connectivity index (χ2n) is 5.79. The van der Waals surface area contributed by atoms with E-state index < -0.39 is 23.5 Å². The molecule has 7 nitrogen and oxygen atoms in total. The van der Waals surface area contributed by atoms with Crippen LogP contribution in [-0.2, 0) is 11.3 Å². The predicted octanol–water partition coefficient (Wildman–Crippen LogP) is 2.87. The SMILES string of the molecule is Cc1cc(-c2cc(F)cc(F)c2)cc(C(=O)Nc2ccn(CC(=O)O)n2)n1. The summed E-state index contributed by atoms with van der Waals surface area (Å²) in [6.45, 7) is 1.31. The Morgan fingerprint density at radius 3 is 2.44 bits per heavy atom. The van der Waals surface area contributed by atoms with Gasteiger partial charge in [-0.1, -0.05) is 0 Å². The number of rotatable bonds is 5. The van der Waals surface area contributed by atoms with E-state index in [2.05, 4.69) is 15.4 Å². The molecule has 0 unspecified atom stereocenters. The predicted molar refractivity (Wildman–Crippen MR) is 92.1 cm³/mol. The highest BCUT2D eigenvalue weighted by Gasteiger charge is 2.13. The molecule has 1 aromatic carbocycles. The number of aromatic nitrogens is 3. The van der Waals surface area contributed by atoms with Crippen molar-refractivity contribution in [3.8, 4) is 11.1 Å². The van der Waals surface area contributed by atoms with Gasteiger partial charge in [-0.3, -0.25) is 14.3 Å². The number of hydrogen-bond donors (Lipinski definition) is 2. The maximum atomic E-state index is 13.5.